The SMILES string of the molecule is CCCCBr.CCOCC. The Bertz CT molecular complexity index is 30.2. The topological polar surface area (TPSA) is 9.23 Å². The minimum atomic E-state index is 0.844. The molecule has 0 aromatic carbocycles. The lowest BCUT2D eigenvalue weighted by atomic mass is 10.4. The minimum Gasteiger partial charge on any atom is -0.382 e. The number of unbranched alkanes of at least 4 members (excludes halogenated alkanes) is 1. The number of alkyl halides is 1. The smallest absolute Gasteiger partial charge is 0.0437 e. The zero-order valence-electron chi connectivity index (χ0n) is 7.32. The van der Waals surface area contributed by atoms with Crippen LogP contribution in [0.5, 0.6) is 0 Å². The van der Waals surface area contributed by atoms with Crippen molar-refractivity contribution >= 4 is 15.9 Å². The average molecular weight is 211 g/mol. The zero-order valence-corrected chi connectivity index (χ0v) is 8.91. The Hall–Kier alpha value is 0.440. The molecule has 0 fully saturated rings. The Morgan fingerprint density at radius 3 is 1.60 bits per heavy atom. The highest BCUT2D eigenvalue weighted by Crippen LogP contribution is 1.89. The van der Waals surface area contributed by atoms with Crippen molar-refractivity contribution in [1.82, 2.24) is 0 Å². The third-order valence-electron chi connectivity index (χ3n) is 0.895. The highest BCUT2D eigenvalue weighted by Gasteiger charge is 1.69. The van der Waals surface area contributed by atoms with Crippen molar-refractivity contribution < 1.29 is 4.74 Å². The molecule has 0 bridgehead atoms. The van der Waals surface area contributed by atoms with E-state index in [4.69, 9.17) is 4.74 Å². The molecule has 0 aliphatic carbocycles. The van der Waals surface area contributed by atoms with E-state index in [9.17, 15) is 0 Å². The fraction of sp³-hybridized carbons (Fsp3) is 1.00. The van der Waals surface area contributed by atoms with Crippen LogP contribution in [-0.4, -0.2) is 18.5 Å². The van der Waals surface area contributed by atoms with Gasteiger partial charge in [0, 0.05) is 18.5 Å². The maximum absolute atomic E-state index is 4.83. The zero-order chi connectivity index (χ0) is 8.24. The summed E-state index contributed by atoms with van der Waals surface area (Å²) in [5.41, 5.74) is 0. The van der Waals surface area contributed by atoms with Crippen LogP contribution in [0, 0.1) is 0 Å². The Labute approximate surface area is 73.3 Å². The number of ether oxygens (including phenoxy) is 1. The molecule has 0 spiro atoms. The number of hydrogen-bond acceptors (Lipinski definition) is 1. The van der Waals surface area contributed by atoms with Gasteiger partial charge < -0.3 is 4.74 Å². The summed E-state index contributed by atoms with van der Waals surface area (Å²) in [6, 6.07) is 0. The first-order chi connectivity index (χ1) is 4.83. The van der Waals surface area contributed by atoms with Crippen molar-refractivity contribution in [2.45, 2.75) is 33.6 Å². The molecule has 0 amide bonds. The summed E-state index contributed by atoms with van der Waals surface area (Å²) in [7, 11) is 0. The maximum Gasteiger partial charge on any atom is 0.0437 e. The average Bonchev–Trinajstić information content (AvgIpc) is 1.93. The van der Waals surface area contributed by atoms with Gasteiger partial charge in [-0.2, -0.15) is 0 Å². The Morgan fingerprint density at radius 2 is 1.60 bits per heavy atom. The summed E-state index contributed by atoms with van der Waals surface area (Å²) in [4.78, 5) is 0. The predicted octanol–water partition coefficient (Wildman–Crippen LogP) is 3.22. The summed E-state index contributed by atoms with van der Waals surface area (Å²) >= 11 is 3.31. The second kappa shape index (κ2) is 16.2. The molecule has 0 aliphatic rings. The largest absolute Gasteiger partial charge is 0.382 e. The fourth-order valence-corrected chi connectivity index (χ4v) is 0.898. The van der Waals surface area contributed by atoms with Gasteiger partial charge in [0.05, 0.1) is 0 Å². The molecule has 0 aromatic rings. The standard InChI is InChI=1S/C4H9Br.C4H10O/c1-2-3-4-5;1-3-5-4-2/h2-4H2,1H3;3-4H2,1-2H3. The van der Waals surface area contributed by atoms with Crippen molar-refractivity contribution in [3.05, 3.63) is 0 Å². The van der Waals surface area contributed by atoms with Crippen LogP contribution in [0.4, 0.5) is 0 Å². The molecule has 0 rings (SSSR count). The van der Waals surface area contributed by atoms with Crippen LogP contribution >= 0.6 is 15.9 Å². The van der Waals surface area contributed by atoms with E-state index in [-0.39, 0.29) is 0 Å². The number of rotatable bonds is 4. The summed E-state index contributed by atoms with van der Waals surface area (Å²) in [6.07, 6.45) is 2.60. The van der Waals surface area contributed by atoms with E-state index < -0.39 is 0 Å². The van der Waals surface area contributed by atoms with E-state index in [2.05, 4.69) is 22.9 Å². The van der Waals surface area contributed by atoms with Gasteiger partial charge in [-0.1, -0.05) is 29.3 Å². The summed E-state index contributed by atoms with van der Waals surface area (Å²) in [5.74, 6) is 0. The van der Waals surface area contributed by atoms with Gasteiger partial charge in [-0.05, 0) is 20.3 Å². The molecule has 0 heterocycles. The van der Waals surface area contributed by atoms with E-state index in [0.717, 1.165) is 18.5 Å². The molecule has 2 heteroatoms. The molecule has 0 aliphatic heterocycles. The summed E-state index contributed by atoms with van der Waals surface area (Å²) < 4.78 is 4.83. The van der Waals surface area contributed by atoms with Crippen LogP contribution in [0.2, 0.25) is 0 Å². The monoisotopic (exact) mass is 210 g/mol. The third kappa shape index (κ3) is 23.7. The molecular formula is C8H19BrO. The molecule has 0 saturated carbocycles. The molecule has 10 heavy (non-hydrogen) atoms. The molecule has 64 valence electrons. The molecule has 0 radical (unpaired) electrons. The first-order valence-corrected chi connectivity index (χ1v) is 5.09. The van der Waals surface area contributed by atoms with Gasteiger partial charge in [0.15, 0.2) is 0 Å². The van der Waals surface area contributed by atoms with Gasteiger partial charge in [0.25, 0.3) is 0 Å². The molecular weight excluding hydrogens is 192 g/mol. The second-order valence-electron chi connectivity index (χ2n) is 1.82. The highest BCUT2D eigenvalue weighted by molar-refractivity contribution is 9.09. The van der Waals surface area contributed by atoms with E-state index in [1.165, 1.54) is 12.8 Å². The molecule has 0 aromatic heterocycles. The minimum absolute atomic E-state index is 0.844. The normalized spacial score (nSPS) is 8.40. The van der Waals surface area contributed by atoms with E-state index in [0.29, 0.717) is 0 Å². The van der Waals surface area contributed by atoms with Gasteiger partial charge in [-0.3, -0.25) is 0 Å². The Kier molecular flexibility index (Phi) is 21.2. The summed E-state index contributed by atoms with van der Waals surface area (Å²) in [5, 5.41) is 1.16. The van der Waals surface area contributed by atoms with Crippen LogP contribution in [0.25, 0.3) is 0 Å². The van der Waals surface area contributed by atoms with Gasteiger partial charge in [0.1, 0.15) is 0 Å². The van der Waals surface area contributed by atoms with Crippen LogP contribution in [0.3, 0.4) is 0 Å². The van der Waals surface area contributed by atoms with Gasteiger partial charge in [0.2, 0.25) is 0 Å². The van der Waals surface area contributed by atoms with E-state index in [1.54, 1.807) is 0 Å². The lowest BCUT2D eigenvalue weighted by Crippen LogP contribution is -1.84. The van der Waals surface area contributed by atoms with Crippen LogP contribution < -0.4 is 0 Å². The van der Waals surface area contributed by atoms with Crippen molar-refractivity contribution in [2.75, 3.05) is 18.5 Å². The molecule has 0 unspecified atom stereocenters. The lowest BCUT2D eigenvalue weighted by molar-refractivity contribution is 0.162. The molecule has 0 saturated heterocycles. The van der Waals surface area contributed by atoms with Crippen LogP contribution in [-0.2, 0) is 4.74 Å². The lowest BCUT2D eigenvalue weighted by Gasteiger charge is -1.86. The van der Waals surface area contributed by atoms with E-state index in [1.807, 2.05) is 13.8 Å². The Balaban J connectivity index is 0. The molecule has 0 N–H and O–H groups in total. The first kappa shape index (κ1) is 13.1. The number of halogens is 1. The van der Waals surface area contributed by atoms with Gasteiger partial charge in [-0.15, -0.1) is 0 Å². The first-order valence-electron chi connectivity index (χ1n) is 3.97. The van der Waals surface area contributed by atoms with Gasteiger partial charge >= 0.3 is 0 Å². The molecule has 0 atom stereocenters. The maximum atomic E-state index is 4.83. The van der Waals surface area contributed by atoms with Gasteiger partial charge in [-0.25, -0.2) is 0 Å². The summed E-state index contributed by atoms with van der Waals surface area (Å²) in [6.45, 7) is 7.85. The predicted molar refractivity (Wildman–Crippen MR) is 50.9 cm³/mol. The fourth-order valence-electron chi connectivity index (χ4n) is 0.338. The van der Waals surface area contributed by atoms with E-state index >= 15 is 0 Å². The second-order valence-corrected chi connectivity index (χ2v) is 2.62. The van der Waals surface area contributed by atoms with Crippen molar-refractivity contribution in [3.63, 3.8) is 0 Å². The van der Waals surface area contributed by atoms with Crippen LogP contribution in [0.1, 0.15) is 33.6 Å². The van der Waals surface area contributed by atoms with Crippen LogP contribution in [0.15, 0.2) is 0 Å². The Morgan fingerprint density at radius 1 is 1.10 bits per heavy atom. The third-order valence-corrected chi connectivity index (χ3v) is 1.46. The quantitative estimate of drug-likeness (QED) is 0.648. The van der Waals surface area contributed by atoms with Crippen molar-refractivity contribution in [3.8, 4) is 0 Å². The van der Waals surface area contributed by atoms with Crippen molar-refractivity contribution in [1.29, 1.82) is 0 Å². The molecule has 1 nitrogen and oxygen atoms in total. The highest BCUT2D eigenvalue weighted by atomic mass is 79.9. The van der Waals surface area contributed by atoms with Crippen molar-refractivity contribution in [2.24, 2.45) is 0 Å². The number of hydrogen-bond donors (Lipinski definition) is 0.